The molecule has 1 unspecified atom stereocenters. The second-order valence-corrected chi connectivity index (χ2v) is 6.09. The number of halogens is 1. The van der Waals surface area contributed by atoms with Crippen LogP contribution in [0, 0.1) is 6.42 Å². The Hall–Kier alpha value is -1.31. The van der Waals surface area contributed by atoms with Crippen molar-refractivity contribution >= 4 is 11.6 Å². The first kappa shape index (κ1) is 14.6. The summed E-state index contributed by atoms with van der Waals surface area (Å²) >= 11 is 6.01. The van der Waals surface area contributed by atoms with Crippen LogP contribution in [0.3, 0.4) is 0 Å². The molecule has 0 saturated carbocycles. The van der Waals surface area contributed by atoms with Gasteiger partial charge >= 0.3 is 0 Å². The van der Waals surface area contributed by atoms with Gasteiger partial charge in [-0.2, -0.15) is 0 Å². The summed E-state index contributed by atoms with van der Waals surface area (Å²) in [6.07, 6.45) is 5.86. The minimum atomic E-state index is 0.500. The van der Waals surface area contributed by atoms with E-state index in [1.54, 1.807) is 0 Å². The van der Waals surface area contributed by atoms with Gasteiger partial charge in [0.25, 0.3) is 0 Å². The quantitative estimate of drug-likeness (QED) is 0.774. The van der Waals surface area contributed by atoms with Crippen molar-refractivity contribution in [2.45, 2.75) is 25.3 Å². The molecule has 0 spiro atoms. The smallest absolute Gasteiger partial charge is 0.0406 e. The number of benzene rings is 2. The average molecular weight is 299 g/mol. The molecule has 1 nitrogen and oxygen atoms in total. The fourth-order valence-corrected chi connectivity index (χ4v) is 3.18. The Bertz CT molecular complexity index is 550. The molecule has 0 amide bonds. The highest BCUT2D eigenvalue weighted by atomic mass is 35.5. The largest absolute Gasteiger partial charge is 0.296 e. The van der Waals surface area contributed by atoms with E-state index in [0.717, 1.165) is 31.0 Å². The zero-order chi connectivity index (χ0) is 14.5. The van der Waals surface area contributed by atoms with E-state index in [1.165, 1.54) is 17.5 Å². The molecule has 1 saturated heterocycles. The molecular weight excluding hydrogens is 278 g/mol. The summed E-state index contributed by atoms with van der Waals surface area (Å²) in [6, 6.07) is 19.6. The highest BCUT2D eigenvalue weighted by molar-refractivity contribution is 6.30. The summed E-state index contributed by atoms with van der Waals surface area (Å²) in [7, 11) is 0. The van der Waals surface area contributed by atoms with Gasteiger partial charge in [-0.25, -0.2) is 0 Å². The zero-order valence-electron chi connectivity index (χ0n) is 12.2. The van der Waals surface area contributed by atoms with Crippen LogP contribution in [0.2, 0.25) is 5.02 Å². The zero-order valence-corrected chi connectivity index (χ0v) is 13.0. The third kappa shape index (κ3) is 3.87. The Labute approximate surface area is 132 Å². The molecule has 2 heteroatoms. The molecule has 109 valence electrons. The molecule has 1 heterocycles. The normalized spacial score (nSPS) is 19.6. The van der Waals surface area contributed by atoms with Crippen LogP contribution in [0.25, 0.3) is 0 Å². The van der Waals surface area contributed by atoms with Crippen molar-refractivity contribution in [1.82, 2.24) is 4.90 Å². The van der Waals surface area contributed by atoms with Gasteiger partial charge in [-0.3, -0.25) is 4.90 Å². The van der Waals surface area contributed by atoms with E-state index < -0.39 is 0 Å². The van der Waals surface area contributed by atoms with E-state index in [4.69, 9.17) is 11.6 Å². The molecule has 1 radical (unpaired) electrons. The molecule has 0 N–H and O–H groups in total. The molecule has 1 atom stereocenters. The van der Waals surface area contributed by atoms with Crippen molar-refractivity contribution in [2.75, 3.05) is 13.1 Å². The number of hydrogen-bond acceptors (Lipinski definition) is 1. The van der Waals surface area contributed by atoms with E-state index in [1.807, 2.05) is 12.1 Å². The van der Waals surface area contributed by atoms with Crippen LogP contribution in [0.4, 0.5) is 0 Å². The van der Waals surface area contributed by atoms with Crippen LogP contribution in [0.5, 0.6) is 0 Å². The Kier molecular flexibility index (Phi) is 4.95. The molecule has 1 aliphatic heterocycles. The molecular formula is C19H21ClN. The number of nitrogens with zero attached hydrogens (tertiary/aromatic N) is 1. The van der Waals surface area contributed by atoms with Crippen LogP contribution >= 0.6 is 11.6 Å². The topological polar surface area (TPSA) is 3.24 Å². The van der Waals surface area contributed by atoms with Crippen LogP contribution in [-0.4, -0.2) is 18.0 Å². The third-order valence-corrected chi connectivity index (χ3v) is 4.49. The number of likely N-dealkylation sites (tertiary alicyclic amines) is 1. The molecule has 2 aromatic rings. The van der Waals surface area contributed by atoms with Gasteiger partial charge in [0.2, 0.25) is 0 Å². The predicted octanol–water partition coefficient (Wildman–Crippen LogP) is 4.92. The van der Waals surface area contributed by atoms with Gasteiger partial charge in [0.05, 0.1) is 0 Å². The highest BCUT2D eigenvalue weighted by Gasteiger charge is 2.23. The summed E-state index contributed by atoms with van der Waals surface area (Å²) in [5, 5.41) is 0.814. The second kappa shape index (κ2) is 7.11. The van der Waals surface area contributed by atoms with Crippen LogP contribution in [0.1, 0.15) is 30.0 Å². The maximum atomic E-state index is 6.01. The lowest BCUT2D eigenvalue weighted by Crippen LogP contribution is -2.35. The first-order chi connectivity index (χ1) is 10.3. The van der Waals surface area contributed by atoms with Gasteiger partial charge < -0.3 is 0 Å². The van der Waals surface area contributed by atoms with Crippen LogP contribution in [0.15, 0.2) is 54.6 Å². The van der Waals surface area contributed by atoms with Gasteiger partial charge in [0, 0.05) is 17.6 Å². The van der Waals surface area contributed by atoms with Crippen LogP contribution in [-0.2, 0) is 6.42 Å². The average Bonchev–Trinajstić information content (AvgIpc) is 2.55. The molecule has 0 aliphatic carbocycles. The van der Waals surface area contributed by atoms with Gasteiger partial charge in [-0.05, 0) is 55.5 Å². The van der Waals surface area contributed by atoms with E-state index in [-0.39, 0.29) is 0 Å². The summed E-state index contributed by atoms with van der Waals surface area (Å²) in [4.78, 5) is 2.61. The number of rotatable bonds is 4. The standard InChI is InChI=1S/C19H21ClN/c20-18-11-9-17(10-12-18)19-8-4-5-14-21(19)15-13-16-6-2-1-3-7-16/h1-4,6-7,9-12,19H,5,8,13-15H2. The van der Waals surface area contributed by atoms with Gasteiger partial charge in [-0.15, -0.1) is 0 Å². The molecule has 1 fully saturated rings. The summed E-state index contributed by atoms with van der Waals surface area (Å²) in [5.41, 5.74) is 2.80. The number of hydrogen-bond donors (Lipinski definition) is 0. The number of piperidine rings is 1. The molecule has 2 aromatic carbocycles. The van der Waals surface area contributed by atoms with E-state index in [0.29, 0.717) is 6.04 Å². The molecule has 0 bridgehead atoms. The fraction of sp³-hybridized carbons (Fsp3) is 0.316. The lowest BCUT2D eigenvalue weighted by Gasteiger charge is -2.36. The maximum absolute atomic E-state index is 6.01. The SMILES string of the molecule is Clc1ccc(C2C[CH]CCN2CCc2ccccc2)cc1. The van der Waals surface area contributed by atoms with Crippen molar-refractivity contribution in [3.63, 3.8) is 0 Å². The fourth-order valence-electron chi connectivity index (χ4n) is 3.05. The summed E-state index contributed by atoms with van der Waals surface area (Å²) < 4.78 is 0. The lowest BCUT2D eigenvalue weighted by molar-refractivity contribution is 0.174. The Morgan fingerprint density at radius 1 is 1.00 bits per heavy atom. The molecule has 21 heavy (non-hydrogen) atoms. The van der Waals surface area contributed by atoms with Crippen molar-refractivity contribution in [3.8, 4) is 0 Å². The minimum absolute atomic E-state index is 0.500. The summed E-state index contributed by atoms with van der Waals surface area (Å²) in [6.45, 7) is 2.27. The Morgan fingerprint density at radius 2 is 1.76 bits per heavy atom. The van der Waals surface area contributed by atoms with Crippen molar-refractivity contribution in [3.05, 3.63) is 77.2 Å². The molecule has 3 rings (SSSR count). The monoisotopic (exact) mass is 298 g/mol. The summed E-state index contributed by atoms with van der Waals surface area (Å²) in [5.74, 6) is 0. The van der Waals surface area contributed by atoms with Gasteiger partial charge in [0.15, 0.2) is 0 Å². The van der Waals surface area contributed by atoms with E-state index in [2.05, 4.69) is 53.8 Å². The minimum Gasteiger partial charge on any atom is -0.296 e. The van der Waals surface area contributed by atoms with E-state index >= 15 is 0 Å². The van der Waals surface area contributed by atoms with Crippen LogP contribution < -0.4 is 0 Å². The molecule has 0 aromatic heterocycles. The van der Waals surface area contributed by atoms with Crippen molar-refractivity contribution < 1.29 is 0 Å². The lowest BCUT2D eigenvalue weighted by atomic mass is 9.95. The highest BCUT2D eigenvalue weighted by Crippen LogP contribution is 2.31. The second-order valence-electron chi connectivity index (χ2n) is 5.65. The first-order valence-corrected chi connectivity index (χ1v) is 8.06. The maximum Gasteiger partial charge on any atom is 0.0406 e. The Balaban J connectivity index is 1.68. The third-order valence-electron chi connectivity index (χ3n) is 4.24. The first-order valence-electron chi connectivity index (χ1n) is 7.68. The van der Waals surface area contributed by atoms with Gasteiger partial charge in [0.1, 0.15) is 0 Å². The van der Waals surface area contributed by atoms with Crippen molar-refractivity contribution in [1.29, 1.82) is 0 Å². The van der Waals surface area contributed by atoms with E-state index in [9.17, 15) is 0 Å². The predicted molar refractivity (Wildman–Crippen MR) is 89.4 cm³/mol. The molecule has 1 aliphatic rings. The van der Waals surface area contributed by atoms with Gasteiger partial charge in [-0.1, -0.05) is 54.1 Å². The van der Waals surface area contributed by atoms with Crippen molar-refractivity contribution in [2.24, 2.45) is 0 Å². The Morgan fingerprint density at radius 3 is 2.52 bits per heavy atom.